The van der Waals surface area contributed by atoms with E-state index in [0.717, 1.165) is 6.07 Å². The lowest BCUT2D eigenvalue weighted by atomic mass is 10.1. The molecule has 1 aliphatic rings. The quantitative estimate of drug-likeness (QED) is 0.466. The van der Waals surface area contributed by atoms with Gasteiger partial charge in [0.1, 0.15) is 17.1 Å². The van der Waals surface area contributed by atoms with E-state index in [4.69, 9.17) is 14.2 Å². The van der Waals surface area contributed by atoms with E-state index in [9.17, 15) is 26.4 Å². The predicted molar refractivity (Wildman–Crippen MR) is 68.7 cm³/mol. The molecule has 0 aromatic heterocycles. The number of methoxy groups -OCH3 is 1. The molecule has 1 aromatic rings. The third kappa shape index (κ3) is 3.28. The zero-order valence-corrected chi connectivity index (χ0v) is 12.9. The van der Waals surface area contributed by atoms with Crippen molar-refractivity contribution in [3.8, 4) is 17.2 Å². The van der Waals surface area contributed by atoms with Gasteiger partial charge in [0.15, 0.2) is 5.75 Å². The van der Waals surface area contributed by atoms with E-state index >= 15 is 0 Å². The smallest absolute Gasteiger partial charge is 0.496 e. The Labute approximate surface area is 129 Å². The van der Waals surface area contributed by atoms with E-state index in [1.807, 2.05) is 0 Å². The van der Waals surface area contributed by atoms with Gasteiger partial charge in [0.2, 0.25) is 5.79 Å². The molecule has 0 unspecified atom stereocenters. The molecule has 2 rings (SSSR count). The highest BCUT2D eigenvalue weighted by molar-refractivity contribution is 7.88. The summed E-state index contributed by atoms with van der Waals surface area (Å²) >= 11 is 0. The van der Waals surface area contributed by atoms with E-state index in [1.165, 1.54) is 27.0 Å². The molecule has 7 nitrogen and oxygen atoms in total. The van der Waals surface area contributed by atoms with Crippen LogP contribution in [0.15, 0.2) is 12.1 Å². The fraction of sp³-hybridized carbons (Fsp3) is 0.417. The van der Waals surface area contributed by atoms with E-state index in [2.05, 4.69) is 4.18 Å². The zero-order valence-electron chi connectivity index (χ0n) is 12.1. The second-order valence-corrected chi connectivity index (χ2v) is 6.41. The lowest BCUT2D eigenvalue weighted by Crippen LogP contribution is -2.39. The van der Waals surface area contributed by atoms with Gasteiger partial charge in [-0.3, -0.25) is 0 Å². The number of halogens is 3. The molecule has 0 bridgehead atoms. The average molecular weight is 356 g/mol. The number of hydrogen-bond donors (Lipinski definition) is 0. The Hall–Kier alpha value is -2.17. The van der Waals surface area contributed by atoms with E-state index < -0.39 is 38.7 Å². The maximum absolute atomic E-state index is 12.5. The van der Waals surface area contributed by atoms with Crippen molar-refractivity contribution in [1.29, 1.82) is 0 Å². The molecule has 0 N–H and O–H groups in total. The Morgan fingerprint density at radius 1 is 1.17 bits per heavy atom. The van der Waals surface area contributed by atoms with Gasteiger partial charge in [0.25, 0.3) is 0 Å². The topological polar surface area (TPSA) is 88.1 Å². The molecule has 1 aromatic carbocycles. The van der Waals surface area contributed by atoms with E-state index in [1.54, 1.807) is 0 Å². The predicted octanol–water partition coefficient (Wildman–Crippen LogP) is 2.21. The number of ether oxygens (including phenoxy) is 3. The highest BCUT2D eigenvalue weighted by Crippen LogP contribution is 2.41. The molecule has 0 fully saturated rings. The van der Waals surface area contributed by atoms with E-state index in [-0.39, 0.29) is 11.5 Å². The van der Waals surface area contributed by atoms with Crippen molar-refractivity contribution in [2.24, 2.45) is 0 Å². The minimum atomic E-state index is -5.98. The summed E-state index contributed by atoms with van der Waals surface area (Å²) in [6.45, 7) is 2.78. The van der Waals surface area contributed by atoms with Crippen molar-refractivity contribution < 1.29 is 44.8 Å². The number of cyclic esters (lactones) is 1. The van der Waals surface area contributed by atoms with Crippen LogP contribution in [0, 0.1) is 0 Å². The number of carbonyl (C=O) groups is 1. The first-order valence-corrected chi connectivity index (χ1v) is 7.42. The molecule has 0 radical (unpaired) electrons. The summed E-state index contributed by atoms with van der Waals surface area (Å²) in [5.41, 5.74) is -6.25. The van der Waals surface area contributed by atoms with Gasteiger partial charge in [0, 0.05) is 26.0 Å². The summed E-state index contributed by atoms with van der Waals surface area (Å²) in [5.74, 6) is -3.68. The largest absolute Gasteiger partial charge is 0.534 e. The Morgan fingerprint density at radius 2 is 1.78 bits per heavy atom. The minimum absolute atomic E-state index is 0.0679. The second kappa shape index (κ2) is 5.18. The van der Waals surface area contributed by atoms with Crippen LogP contribution < -0.4 is 13.7 Å². The number of hydrogen-bond acceptors (Lipinski definition) is 7. The van der Waals surface area contributed by atoms with Gasteiger partial charge in [-0.25, -0.2) is 4.79 Å². The van der Waals surface area contributed by atoms with Gasteiger partial charge in [-0.15, -0.1) is 0 Å². The molecule has 1 heterocycles. The molecular formula is C12H11F3O7S. The van der Waals surface area contributed by atoms with E-state index in [0.29, 0.717) is 0 Å². The van der Waals surface area contributed by atoms with Crippen molar-refractivity contribution in [3.63, 3.8) is 0 Å². The maximum atomic E-state index is 12.5. The molecule has 0 spiro atoms. The molecule has 0 saturated heterocycles. The van der Waals surface area contributed by atoms with Crippen molar-refractivity contribution in [2.75, 3.05) is 7.11 Å². The van der Waals surface area contributed by atoms with Gasteiger partial charge in [0.05, 0.1) is 7.11 Å². The van der Waals surface area contributed by atoms with Crippen LogP contribution in [0.2, 0.25) is 0 Å². The Kier molecular flexibility index (Phi) is 3.87. The first kappa shape index (κ1) is 17.2. The summed E-state index contributed by atoms with van der Waals surface area (Å²) in [4.78, 5) is 12.0. The highest BCUT2D eigenvalue weighted by atomic mass is 32.2. The molecule has 1 aliphatic heterocycles. The van der Waals surface area contributed by atoms with Crippen LogP contribution in [-0.2, 0) is 14.9 Å². The van der Waals surface area contributed by atoms with Crippen LogP contribution in [-0.4, -0.2) is 32.8 Å². The third-order valence-electron chi connectivity index (χ3n) is 2.66. The molecule has 0 amide bonds. The molecule has 128 valence electrons. The molecular weight excluding hydrogens is 345 g/mol. The fourth-order valence-corrected chi connectivity index (χ4v) is 2.22. The van der Waals surface area contributed by atoms with Crippen LogP contribution in [0.25, 0.3) is 0 Å². The number of carbonyl (C=O) groups excluding carboxylic acids is 1. The van der Waals surface area contributed by atoms with Gasteiger partial charge in [-0.2, -0.15) is 21.6 Å². The Bertz CT molecular complexity index is 753. The number of alkyl halides is 3. The summed E-state index contributed by atoms with van der Waals surface area (Å²) in [7, 11) is -4.79. The second-order valence-electron chi connectivity index (χ2n) is 4.87. The summed E-state index contributed by atoms with van der Waals surface area (Å²) in [6.07, 6.45) is 0. The monoisotopic (exact) mass is 356 g/mol. The lowest BCUT2D eigenvalue weighted by molar-refractivity contribution is -0.127. The van der Waals surface area contributed by atoms with Crippen molar-refractivity contribution in [2.45, 2.75) is 25.1 Å². The van der Waals surface area contributed by atoms with Gasteiger partial charge in [-0.05, 0) is 0 Å². The molecule has 23 heavy (non-hydrogen) atoms. The summed E-state index contributed by atoms with van der Waals surface area (Å²) in [6, 6.07) is 2.01. The normalized spacial score (nSPS) is 16.9. The van der Waals surface area contributed by atoms with Crippen LogP contribution in [0.3, 0.4) is 0 Å². The van der Waals surface area contributed by atoms with Crippen LogP contribution in [0.1, 0.15) is 24.2 Å². The first-order valence-electron chi connectivity index (χ1n) is 6.01. The van der Waals surface area contributed by atoms with Crippen LogP contribution >= 0.6 is 0 Å². The molecule has 0 saturated carbocycles. The van der Waals surface area contributed by atoms with Gasteiger partial charge >= 0.3 is 21.6 Å². The standard InChI is InChI=1S/C12H11F3O7S/c1-11(2)20-7-4-6(19-3)5-8(9(7)10(16)21-11)22-23(17,18)12(13,14)15/h4-5H,1-3H3. The fourth-order valence-electron chi connectivity index (χ4n) is 1.76. The van der Waals surface area contributed by atoms with Gasteiger partial charge < -0.3 is 18.4 Å². The summed E-state index contributed by atoms with van der Waals surface area (Å²) < 4.78 is 78.7. The number of fused-ring (bicyclic) bond motifs is 1. The first-order chi connectivity index (χ1) is 10.4. The number of esters is 1. The number of benzene rings is 1. The lowest BCUT2D eigenvalue weighted by Gasteiger charge is -2.32. The minimum Gasteiger partial charge on any atom is -0.496 e. The van der Waals surface area contributed by atoms with Gasteiger partial charge in [-0.1, -0.05) is 0 Å². The van der Waals surface area contributed by atoms with Crippen molar-refractivity contribution in [3.05, 3.63) is 17.7 Å². The average Bonchev–Trinajstić information content (AvgIpc) is 2.33. The summed E-state index contributed by atoms with van der Waals surface area (Å²) in [5, 5.41) is 0. The Morgan fingerprint density at radius 3 is 2.30 bits per heavy atom. The molecule has 11 heteroatoms. The zero-order chi connectivity index (χ0) is 17.6. The molecule has 0 aliphatic carbocycles. The third-order valence-corrected chi connectivity index (χ3v) is 3.62. The SMILES string of the molecule is COc1cc2c(c(OS(=O)(=O)C(F)(F)F)c1)C(=O)OC(C)(C)O2. The van der Waals surface area contributed by atoms with Crippen molar-refractivity contribution >= 4 is 16.1 Å². The van der Waals surface area contributed by atoms with Crippen LogP contribution in [0.4, 0.5) is 13.2 Å². The molecule has 0 atom stereocenters. The highest BCUT2D eigenvalue weighted by Gasteiger charge is 2.49. The number of rotatable bonds is 3. The maximum Gasteiger partial charge on any atom is 0.534 e. The Balaban J connectivity index is 2.60. The van der Waals surface area contributed by atoms with Crippen molar-refractivity contribution in [1.82, 2.24) is 0 Å². The van der Waals surface area contributed by atoms with Crippen LogP contribution in [0.5, 0.6) is 17.2 Å².